The highest BCUT2D eigenvalue weighted by Gasteiger charge is 2.30. The second kappa shape index (κ2) is 11.2. The first-order valence-electron chi connectivity index (χ1n) is 13.0. The molecule has 2 saturated carbocycles. The van der Waals surface area contributed by atoms with Crippen LogP contribution >= 0.6 is 0 Å². The topological polar surface area (TPSA) is 9.23 Å². The van der Waals surface area contributed by atoms with E-state index in [1.54, 1.807) is 0 Å². The lowest BCUT2D eigenvalue weighted by Gasteiger charge is -2.38. The smallest absolute Gasteiger partial charge is 0.119 e. The largest absolute Gasteiger partial charge is 0.493 e. The predicted molar refractivity (Wildman–Crippen MR) is 133 cm³/mol. The average molecular weight is 419 g/mol. The highest BCUT2D eigenvalue weighted by Crippen LogP contribution is 2.42. The molecule has 4 rings (SSSR count). The van der Waals surface area contributed by atoms with Gasteiger partial charge >= 0.3 is 0 Å². The molecular weight excluding hydrogens is 376 g/mol. The van der Waals surface area contributed by atoms with Crippen LogP contribution in [0.5, 0.6) is 5.75 Å². The van der Waals surface area contributed by atoms with Crippen LogP contribution < -0.4 is 4.74 Å². The summed E-state index contributed by atoms with van der Waals surface area (Å²) in [5.74, 6) is 4.82. The highest BCUT2D eigenvalue weighted by atomic mass is 16.5. The molecule has 0 spiro atoms. The number of rotatable bonds is 8. The van der Waals surface area contributed by atoms with Crippen molar-refractivity contribution >= 4 is 0 Å². The van der Waals surface area contributed by atoms with E-state index in [1.165, 1.54) is 87.3 Å². The van der Waals surface area contributed by atoms with Crippen molar-refractivity contribution in [3.05, 3.63) is 54.1 Å². The van der Waals surface area contributed by atoms with Crippen LogP contribution in [-0.4, -0.2) is 6.61 Å². The van der Waals surface area contributed by atoms with Gasteiger partial charge in [-0.3, -0.25) is 0 Å². The molecule has 0 aromatic heterocycles. The molecule has 31 heavy (non-hydrogen) atoms. The summed E-state index contributed by atoms with van der Waals surface area (Å²) in [7, 11) is 0. The van der Waals surface area contributed by atoms with Gasteiger partial charge in [0.15, 0.2) is 0 Å². The Kier molecular flexibility index (Phi) is 8.11. The fraction of sp³-hybridized carbons (Fsp3) is 0.600. The summed E-state index contributed by atoms with van der Waals surface area (Å²) in [6.07, 6.45) is 15.9. The summed E-state index contributed by atoms with van der Waals surface area (Å²) in [4.78, 5) is 0. The van der Waals surface area contributed by atoms with Crippen molar-refractivity contribution in [2.45, 2.75) is 84.5 Å². The van der Waals surface area contributed by atoms with Gasteiger partial charge in [0.1, 0.15) is 5.75 Å². The molecule has 0 unspecified atom stereocenters. The van der Waals surface area contributed by atoms with Gasteiger partial charge in [0.25, 0.3) is 0 Å². The number of aryl methyl sites for hydroxylation is 1. The Morgan fingerprint density at radius 1 is 0.677 bits per heavy atom. The molecule has 0 amide bonds. The van der Waals surface area contributed by atoms with Gasteiger partial charge in [-0.25, -0.2) is 0 Å². The van der Waals surface area contributed by atoms with E-state index >= 15 is 0 Å². The van der Waals surface area contributed by atoms with Crippen molar-refractivity contribution in [1.82, 2.24) is 0 Å². The Morgan fingerprint density at radius 3 is 1.74 bits per heavy atom. The van der Waals surface area contributed by atoms with E-state index in [-0.39, 0.29) is 0 Å². The van der Waals surface area contributed by atoms with Crippen molar-refractivity contribution in [2.24, 2.45) is 23.7 Å². The third kappa shape index (κ3) is 6.37. The van der Waals surface area contributed by atoms with Gasteiger partial charge in [0, 0.05) is 0 Å². The zero-order valence-electron chi connectivity index (χ0n) is 19.8. The summed E-state index contributed by atoms with van der Waals surface area (Å²) < 4.78 is 6.19. The maximum atomic E-state index is 6.19. The molecule has 1 nitrogen and oxygen atoms in total. The normalized spacial score (nSPS) is 26.5. The molecule has 2 aliphatic carbocycles. The summed E-state index contributed by atoms with van der Waals surface area (Å²) in [6, 6.07) is 17.4. The van der Waals surface area contributed by atoms with E-state index in [2.05, 4.69) is 62.4 Å². The molecule has 2 aromatic rings. The quantitative estimate of drug-likeness (QED) is 0.416. The lowest BCUT2D eigenvalue weighted by atomic mass is 9.69. The molecule has 0 N–H and O–H groups in total. The highest BCUT2D eigenvalue weighted by molar-refractivity contribution is 5.64. The standard InChI is InChI=1S/C30H42O/c1-3-4-5-24-8-14-27(15-9-24)28-16-10-25(11-17-28)22-31-30-20-18-29(19-21-30)26-12-6-23(2)7-13-26/h6-7,12-13,18-21,24-25,27-28H,3-5,8-11,14-17,22H2,1-2H3. The van der Waals surface area contributed by atoms with Crippen molar-refractivity contribution in [3.63, 3.8) is 0 Å². The molecule has 0 aliphatic heterocycles. The third-order valence-corrected chi connectivity index (χ3v) is 8.14. The van der Waals surface area contributed by atoms with Gasteiger partial charge in [0.2, 0.25) is 0 Å². The fourth-order valence-corrected chi connectivity index (χ4v) is 5.97. The van der Waals surface area contributed by atoms with E-state index in [0.717, 1.165) is 36.0 Å². The molecule has 0 bridgehead atoms. The van der Waals surface area contributed by atoms with Gasteiger partial charge in [-0.15, -0.1) is 0 Å². The van der Waals surface area contributed by atoms with E-state index in [1.807, 2.05) is 0 Å². The van der Waals surface area contributed by atoms with E-state index < -0.39 is 0 Å². The third-order valence-electron chi connectivity index (χ3n) is 8.14. The average Bonchev–Trinajstić information content (AvgIpc) is 2.83. The minimum Gasteiger partial charge on any atom is -0.493 e. The van der Waals surface area contributed by atoms with E-state index in [0.29, 0.717) is 0 Å². The SMILES string of the molecule is CCCCC1CCC(C2CCC(COc3ccc(-c4ccc(C)cc4)cc3)CC2)CC1. The van der Waals surface area contributed by atoms with Gasteiger partial charge in [-0.2, -0.15) is 0 Å². The lowest BCUT2D eigenvalue weighted by molar-refractivity contribution is 0.121. The number of hydrogen-bond acceptors (Lipinski definition) is 1. The molecule has 168 valence electrons. The molecule has 2 aliphatic rings. The Labute approximate surface area is 190 Å². The molecule has 2 fully saturated rings. The summed E-state index contributed by atoms with van der Waals surface area (Å²) in [5, 5.41) is 0. The second-order valence-electron chi connectivity index (χ2n) is 10.4. The van der Waals surface area contributed by atoms with Crippen LogP contribution in [0.3, 0.4) is 0 Å². The Balaban J connectivity index is 1.17. The van der Waals surface area contributed by atoms with Crippen LogP contribution in [0.1, 0.15) is 83.1 Å². The predicted octanol–water partition coefficient (Wildman–Crippen LogP) is 8.84. The van der Waals surface area contributed by atoms with Gasteiger partial charge in [0.05, 0.1) is 6.61 Å². The molecule has 0 heterocycles. The number of unbranched alkanes of at least 4 members (excludes halogenated alkanes) is 1. The molecule has 0 atom stereocenters. The van der Waals surface area contributed by atoms with Crippen molar-refractivity contribution in [2.75, 3.05) is 6.61 Å². The summed E-state index contributed by atoms with van der Waals surface area (Å²) in [6.45, 7) is 5.35. The fourth-order valence-electron chi connectivity index (χ4n) is 5.97. The first-order chi connectivity index (χ1) is 15.2. The Hall–Kier alpha value is -1.76. The van der Waals surface area contributed by atoms with Crippen LogP contribution in [-0.2, 0) is 0 Å². The maximum absolute atomic E-state index is 6.19. The van der Waals surface area contributed by atoms with Crippen molar-refractivity contribution in [1.29, 1.82) is 0 Å². The zero-order valence-corrected chi connectivity index (χ0v) is 19.8. The molecular formula is C30H42O. The molecule has 1 heteroatoms. The number of hydrogen-bond donors (Lipinski definition) is 0. The first-order valence-corrected chi connectivity index (χ1v) is 13.0. The minimum atomic E-state index is 0.744. The number of benzene rings is 2. The van der Waals surface area contributed by atoms with E-state index in [9.17, 15) is 0 Å². The van der Waals surface area contributed by atoms with Crippen LogP contribution in [0.25, 0.3) is 11.1 Å². The van der Waals surface area contributed by atoms with Crippen LogP contribution in [0.2, 0.25) is 0 Å². The monoisotopic (exact) mass is 418 g/mol. The summed E-state index contributed by atoms with van der Waals surface area (Å²) in [5.41, 5.74) is 3.84. The number of ether oxygens (including phenoxy) is 1. The van der Waals surface area contributed by atoms with Crippen molar-refractivity contribution in [3.8, 4) is 16.9 Å². The lowest BCUT2D eigenvalue weighted by Crippen LogP contribution is -2.27. The summed E-state index contributed by atoms with van der Waals surface area (Å²) >= 11 is 0. The minimum absolute atomic E-state index is 0.744. The zero-order chi connectivity index (χ0) is 21.5. The van der Waals surface area contributed by atoms with Gasteiger partial charge in [-0.1, -0.05) is 81.0 Å². The Morgan fingerprint density at radius 2 is 1.19 bits per heavy atom. The maximum Gasteiger partial charge on any atom is 0.119 e. The molecule has 2 aromatic carbocycles. The van der Waals surface area contributed by atoms with Gasteiger partial charge in [-0.05, 0) is 92.4 Å². The van der Waals surface area contributed by atoms with Gasteiger partial charge < -0.3 is 4.74 Å². The van der Waals surface area contributed by atoms with E-state index in [4.69, 9.17) is 4.74 Å². The van der Waals surface area contributed by atoms with Crippen LogP contribution in [0.4, 0.5) is 0 Å². The molecule has 0 radical (unpaired) electrons. The van der Waals surface area contributed by atoms with Crippen LogP contribution in [0, 0.1) is 30.6 Å². The Bertz CT molecular complexity index is 759. The second-order valence-corrected chi connectivity index (χ2v) is 10.4. The first kappa shape index (κ1) is 22.4. The molecule has 0 saturated heterocycles. The van der Waals surface area contributed by atoms with Crippen LogP contribution in [0.15, 0.2) is 48.5 Å². The van der Waals surface area contributed by atoms with Crippen molar-refractivity contribution < 1.29 is 4.74 Å².